The minimum atomic E-state index is -4.60. The smallest absolute Gasteiger partial charge is 0.283 e. The maximum atomic E-state index is 12.5. The largest absolute Gasteiger partial charge is 0.416 e. The Hall–Kier alpha value is -0.660. The molecule has 0 atom stereocenters. The first-order chi connectivity index (χ1) is 8.14. The van der Waals surface area contributed by atoms with Gasteiger partial charge in [0.1, 0.15) is 0 Å². The molecule has 1 rings (SSSR count). The normalized spacial score (nSPS) is 12.5. The van der Waals surface area contributed by atoms with Crippen LogP contribution in [-0.4, -0.2) is 20.1 Å². The SMILES string of the molecule is O=S(=O)(CCCl)Nc1cc(Cl)cc(C(F)(F)F)c1. The monoisotopic (exact) mass is 321 g/mol. The van der Waals surface area contributed by atoms with Gasteiger partial charge in [-0.15, -0.1) is 11.6 Å². The second kappa shape index (κ2) is 5.54. The average molecular weight is 322 g/mol. The fourth-order valence-electron chi connectivity index (χ4n) is 1.14. The van der Waals surface area contributed by atoms with Crippen molar-refractivity contribution in [2.24, 2.45) is 0 Å². The molecule has 0 radical (unpaired) electrons. The van der Waals surface area contributed by atoms with Crippen molar-refractivity contribution in [2.45, 2.75) is 6.18 Å². The Labute approximate surface area is 112 Å². The van der Waals surface area contributed by atoms with Crippen LogP contribution in [0.25, 0.3) is 0 Å². The van der Waals surface area contributed by atoms with E-state index in [9.17, 15) is 21.6 Å². The molecule has 0 bridgehead atoms. The molecule has 0 saturated heterocycles. The first kappa shape index (κ1) is 15.4. The Kier molecular flexibility index (Phi) is 4.74. The molecule has 0 fully saturated rings. The van der Waals surface area contributed by atoms with Crippen LogP contribution in [0.5, 0.6) is 0 Å². The highest BCUT2D eigenvalue weighted by Crippen LogP contribution is 2.33. The van der Waals surface area contributed by atoms with Crippen molar-refractivity contribution in [2.75, 3.05) is 16.4 Å². The minimum Gasteiger partial charge on any atom is -0.283 e. The molecule has 0 aliphatic heterocycles. The molecule has 0 aliphatic rings. The molecule has 9 heteroatoms. The maximum Gasteiger partial charge on any atom is 0.416 e. The third-order valence-corrected chi connectivity index (χ3v) is 3.76. The zero-order chi connectivity index (χ0) is 14.0. The maximum absolute atomic E-state index is 12.5. The summed E-state index contributed by atoms with van der Waals surface area (Å²) < 4.78 is 62.1. The summed E-state index contributed by atoms with van der Waals surface area (Å²) >= 11 is 10.8. The number of rotatable bonds is 4. The van der Waals surface area contributed by atoms with Crippen LogP contribution in [0.15, 0.2) is 18.2 Å². The second-order valence-electron chi connectivity index (χ2n) is 3.34. The van der Waals surface area contributed by atoms with E-state index < -0.39 is 27.5 Å². The highest BCUT2D eigenvalue weighted by atomic mass is 35.5. The third kappa shape index (κ3) is 4.55. The van der Waals surface area contributed by atoms with Crippen molar-refractivity contribution in [3.63, 3.8) is 0 Å². The summed E-state index contributed by atoms with van der Waals surface area (Å²) in [4.78, 5) is 0. The average Bonchev–Trinajstić information content (AvgIpc) is 2.13. The number of halogens is 5. The van der Waals surface area contributed by atoms with Gasteiger partial charge in [0.15, 0.2) is 0 Å². The first-order valence-corrected chi connectivity index (χ1v) is 7.15. The van der Waals surface area contributed by atoms with Crippen LogP contribution >= 0.6 is 23.2 Å². The Balaban J connectivity index is 3.08. The Morgan fingerprint density at radius 3 is 2.33 bits per heavy atom. The molecule has 0 amide bonds. The molecule has 0 heterocycles. The lowest BCUT2D eigenvalue weighted by Crippen LogP contribution is -2.18. The van der Waals surface area contributed by atoms with Gasteiger partial charge in [-0.1, -0.05) is 11.6 Å². The minimum absolute atomic E-state index is 0.165. The van der Waals surface area contributed by atoms with Crippen molar-refractivity contribution in [3.05, 3.63) is 28.8 Å². The van der Waals surface area contributed by atoms with Crippen LogP contribution in [0.1, 0.15) is 5.56 Å². The fraction of sp³-hybridized carbons (Fsp3) is 0.333. The standard InChI is InChI=1S/C9H8Cl2F3NO2S/c10-1-2-18(16,17)15-8-4-6(9(12,13)14)3-7(11)5-8/h3-5,15H,1-2H2. The topological polar surface area (TPSA) is 46.2 Å². The van der Waals surface area contributed by atoms with Gasteiger partial charge in [-0.05, 0) is 18.2 Å². The van der Waals surface area contributed by atoms with Gasteiger partial charge in [-0.3, -0.25) is 4.72 Å². The number of hydrogen-bond donors (Lipinski definition) is 1. The van der Waals surface area contributed by atoms with Gasteiger partial charge in [-0.2, -0.15) is 13.2 Å². The van der Waals surface area contributed by atoms with Gasteiger partial charge in [0.25, 0.3) is 0 Å². The first-order valence-electron chi connectivity index (χ1n) is 4.58. The van der Waals surface area contributed by atoms with E-state index in [0.29, 0.717) is 12.1 Å². The van der Waals surface area contributed by atoms with Crippen LogP contribution in [0.4, 0.5) is 18.9 Å². The van der Waals surface area contributed by atoms with E-state index in [-0.39, 0.29) is 16.6 Å². The van der Waals surface area contributed by atoms with E-state index in [4.69, 9.17) is 23.2 Å². The summed E-state index contributed by atoms with van der Waals surface area (Å²) in [5.41, 5.74) is -1.28. The molecule has 0 spiro atoms. The van der Waals surface area contributed by atoms with Gasteiger partial charge in [0.05, 0.1) is 17.0 Å². The summed E-state index contributed by atoms with van der Waals surface area (Å²) in [5, 5.41) is -0.214. The van der Waals surface area contributed by atoms with Crippen LogP contribution in [0.2, 0.25) is 5.02 Å². The van der Waals surface area contributed by atoms with E-state index >= 15 is 0 Å². The van der Waals surface area contributed by atoms with Gasteiger partial charge >= 0.3 is 6.18 Å². The molecule has 3 nitrogen and oxygen atoms in total. The van der Waals surface area contributed by atoms with Crippen LogP contribution in [-0.2, 0) is 16.2 Å². The predicted octanol–water partition coefficient (Wildman–Crippen LogP) is 3.34. The fourth-order valence-corrected chi connectivity index (χ4v) is 2.77. The number of nitrogens with one attached hydrogen (secondary N) is 1. The second-order valence-corrected chi connectivity index (χ2v) is 5.99. The molecule has 0 aromatic heterocycles. The summed E-state index contributed by atoms with van der Waals surface area (Å²) in [5.74, 6) is -0.565. The molecule has 0 saturated carbocycles. The number of sulfonamides is 1. The van der Waals surface area contributed by atoms with E-state index in [0.717, 1.165) is 6.07 Å². The number of anilines is 1. The summed E-state index contributed by atoms with van der Waals surface area (Å²) in [7, 11) is -3.77. The summed E-state index contributed by atoms with van der Waals surface area (Å²) in [6.07, 6.45) is -4.60. The highest BCUT2D eigenvalue weighted by Gasteiger charge is 2.31. The lowest BCUT2D eigenvalue weighted by molar-refractivity contribution is -0.137. The molecular weight excluding hydrogens is 314 g/mol. The lowest BCUT2D eigenvalue weighted by Gasteiger charge is -2.11. The van der Waals surface area contributed by atoms with Crippen molar-refractivity contribution in [3.8, 4) is 0 Å². The van der Waals surface area contributed by atoms with Gasteiger partial charge < -0.3 is 0 Å². The number of hydrogen-bond acceptors (Lipinski definition) is 2. The van der Waals surface area contributed by atoms with Crippen LogP contribution < -0.4 is 4.72 Å². The van der Waals surface area contributed by atoms with E-state index in [1.165, 1.54) is 0 Å². The molecule has 0 unspecified atom stereocenters. The number of benzene rings is 1. The summed E-state index contributed by atoms with van der Waals surface area (Å²) in [6, 6.07) is 2.46. The van der Waals surface area contributed by atoms with Crippen molar-refractivity contribution in [1.29, 1.82) is 0 Å². The predicted molar refractivity (Wildman–Crippen MR) is 64.6 cm³/mol. The van der Waals surface area contributed by atoms with Crippen molar-refractivity contribution in [1.82, 2.24) is 0 Å². The van der Waals surface area contributed by atoms with Crippen molar-refractivity contribution >= 4 is 38.9 Å². The Bertz CT molecular complexity index is 531. The lowest BCUT2D eigenvalue weighted by atomic mass is 10.2. The molecule has 0 aliphatic carbocycles. The van der Waals surface area contributed by atoms with E-state index in [1.807, 2.05) is 4.72 Å². The van der Waals surface area contributed by atoms with Crippen LogP contribution in [0, 0.1) is 0 Å². The quantitative estimate of drug-likeness (QED) is 0.864. The van der Waals surface area contributed by atoms with Gasteiger partial charge in [-0.25, -0.2) is 8.42 Å². The molecule has 18 heavy (non-hydrogen) atoms. The molecule has 1 aromatic carbocycles. The molecule has 102 valence electrons. The van der Waals surface area contributed by atoms with E-state index in [1.54, 1.807) is 0 Å². The number of alkyl halides is 4. The third-order valence-electron chi connectivity index (χ3n) is 1.84. The summed E-state index contributed by atoms with van der Waals surface area (Å²) in [6.45, 7) is 0. The molecule has 1 N–H and O–H groups in total. The molecule has 1 aromatic rings. The zero-order valence-corrected chi connectivity index (χ0v) is 11.1. The zero-order valence-electron chi connectivity index (χ0n) is 8.76. The van der Waals surface area contributed by atoms with Crippen molar-refractivity contribution < 1.29 is 21.6 Å². The van der Waals surface area contributed by atoms with Gasteiger partial charge in [0.2, 0.25) is 10.0 Å². The molecular formula is C9H8Cl2F3NO2S. The van der Waals surface area contributed by atoms with Crippen LogP contribution in [0.3, 0.4) is 0 Å². The Morgan fingerprint density at radius 1 is 1.22 bits per heavy atom. The highest BCUT2D eigenvalue weighted by molar-refractivity contribution is 7.92. The Morgan fingerprint density at radius 2 is 1.83 bits per heavy atom. The van der Waals surface area contributed by atoms with E-state index in [2.05, 4.69) is 0 Å². The van der Waals surface area contributed by atoms with Gasteiger partial charge in [0, 0.05) is 10.9 Å².